The van der Waals surface area contributed by atoms with Gasteiger partial charge in [-0.2, -0.15) is 18.3 Å². The van der Waals surface area contributed by atoms with Crippen molar-refractivity contribution in [3.63, 3.8) is 0 Å². The number of hydrogen-bond acceptors (Lipinski definition) is 6. The molecule has 0 spiro atoms. The molecule has 0 bridgehead atoms. The number of halogens is 3. The molecule has 0 aliphatic heterocycles. The number of nitrogens with zero attached hydrogens (tertiary/aromatic N) is 5. The molecule has 1 aromatic heterocycles. The van der Waals surface area contributed by atoms with E-state index in [-0.39, 0.29) is 23.5 Å². The Bertz CT molecular complexity index is 777. The summed E-state index contributed by atoms with van der Waals surface area (Å²) in [7, 11) is 0. The zero-order valence-corrected chi connectivity index (χ0v) is 12.6. The minimum absolute atomic E-state index is 0.0957. The van der Waals surface area contributed by atoms with Gasteiger partial charge in [0.05, 0.1) is 23.1 Å². The van der Waals surface area contributed by atoms with Gasteiger partial charge in [-0.15, -0.1) is 0 Å². The highest BCUT2D eigenvalue weighted by molar-refractivity contribution is 5.39. The van der Waals surface area contributed by atoms with Crippen molar-refractivity contribution in [3.05, 3.63) is 62.5 Å². The number of para-hydroxylation sites is 1. The van der Waals surface area contributed by atoms with E-state index < -0.39 is 29.2 Å². The maximum absolute atomic E-state index is 12.8. The normalized spacial score (nSPS) is 11.7. The lowest BCUT2D eigenvalue weighted by Gasteiger charge is -2.23. The van der Waals surface area contributed by atoms with Gasteiger partial charge in [-0.3, -0.25) is 29.8 Å². The van der Waals surface area contributed by atoms with Crippen molar-refractivity contribution in [2.45, 2.75) is 19.4 Å². The molecule has 0 saturated carbocycles. The summed E-state index contributed by atoms with van der Waals surface area (Å²) in [6.45, 7) is -2.14. The van der Waals surface area contributed by atoms with Crippen molar-refractivity contribution in [2.75, 3.05) is 6.54 Å². The van der Waals surface area contributed by atoms with Gasteiger partial charge in [-0.1, -0.05) is 18.2 Å². The lowest BCUT2D eigenvalue weighted by atomic mass is 10.1. The molecule has 1 heterocycles. The topological polar surface area (TPSA) is 107 Å². The van der Waals surface area contributed by atoms with Crippen molar-refractivity contribution in [2.24, 2.45) is 0 Å². The average Bonchev–Trinajstić information content (AvgIpc) is 2.94. The van der Waals surface area contributed by atoms with Crippen LogP contribution in [0.5, 0.6) is 0 Å². The van der Waals surface area contributed by atoms with Crippen LogP contribution in [0.2, 0.25) is 0 Å². The fourth-order valence-corrected chi connectivity index (χ4v) is 2.20. The number of nitro groups is 2. The second-order valence-electron chi connectivity index (χ2n) is 5.12. The van der Waals surface area contributed by atoms with E-state index in [0.29, 0.717) is 0 Å². The van der Waals surface area contributed by atoms with Crippen LogP contribution < -0.4 is 0 Å². The van der Waals surface area contributed by atoms with Gasteiger partial charge in [-0.05, 0) is 0 Å². The van der Waals surface area contributed by atoms with Gasteiger partial charge in [0, 0.05) is 18.2 Å². The molecule has 2 rings (SSSR count). The van der Waals surface area contributed by atoms with Gasteiger partial charge < -0.3 is 0 Å². The quantitative estimate of drug-likeness (QED) is 0.556. The number of rotatable bonds is 7. The SMILES string of the molecule is O=[N+]([O-])c1cnn(CN(Cc2ccccc2[N+](=O)[O-])CC(F)(F)F)c1. The molecule has 0 N–H and O–H groups in total. The van der Waals surface area contributed by atoms with Crippen LogP contribution >= 0.6 is 0 Å². The molecule has 0 atom stereocenters. The predicted molar refractivity (Wildman–Crippen MR) is 78.4 cm³/mol. The van der Waals surface area contributed by atoms with E-state index in [1.807, 2.05) is 0 Å². The molecule has 0 aliphatic rings. The first-order chi connectivity index (χ1) is 11.7. The van der Waals surface area contributed by atoms with E-state index in [1.54, 1.807) is 0 Å². The van der Waals surface area contributed by atoms with Crippen LogP contribution in [0.25, 0.3) is 0 Å². The van der Waals surface area contributed by atoms with Crippen LogP contribution in [0.4, 0.5) is 24.5 Å². The van der Waals surface area contributed by atoms with Crippen molar-refractivity contribution in [3.8, 4) is 0 Å². The van der Waals surface area contributed by atoms with Crippen molar-refractivity contribution >= 4 is 11.4 Å². The van der Waals surface area contributed by atoms with Crippen LogP contribution in [0.15, 0.2) is 36.7 Å². The molecule has 9 nitrogen and oxygen atoms in total. The molecule has 0 fully saturated rings. The van der Waals surface area contributed by atoms with Crippen LogP contribution in [0, 0.1) is 20.2 Å². The standard InChI is InChI=1S/C13H12F3N5O4/c14-13(15,16)8-18(9-19-7-11(5-17-19)20(22)23)6-10-3-1-2-4-12(10)21(24)25/h1-5,7H,6,8-9H2. The minimum atomic E-state index is -4.55. The Balaban J connectivity index is 2.24. The molecule has 12 heteroatoms. The molecule has 25 heavy (non-hydrogen) atoms. The second kappa shape index (κ2) is 7.25. The summed E-state index contributed by atoms with van der Waals surface area (Å²) in [6, 6.07) is 5.44. The van der Waals surface area contributed by atoms with Gasteiger partial charge in [0.2, 0.25) is 0 Å². The summed E-state index contributed by atoms with van der Waals surface area (Å²) in [6.07, 6.45) is -2.65. The van der Waals surface area contributed by atoms with Crippen LogP contribution in [-0.2, 0) is 13.2 Å². The number of alkyl halides is 3. The fraction of sp³-hybridized carbons (Fsp3) is 0.308. The average molecular weight is 359 g/mol. The van der Waals surface area contributed by atoms with Gasteiger partial charge in [0.1, 0.15) is 12.4 Å². The Morgan fingerprint density at radius 1 is 1.16 bits per heavy atom. The van der Waals surface area contributed by atoms with Gasteiger partial charge >= 0.3 is 11.9 Å². The second-order valence-corrected chi connectivity index (χ2v) is 5.12. The van der Waals surface area contributed by atoms with E-state index in [9.17, 15) is 33.4 Å². The van der Waals surface area contributed by atoms with E-state index >= 15 is 0 Å². The fourth-order valence-electron chi connectivity index (χ4n) is 2.20. The highest BCUT2D eigenvalue weighted by Crippen LogP contribution is 2.23. The Kier molecular flexibility index (Phi) is 5.32. The summed E-state index contributed by atoms with van der Waals surface area (Å²) in [5.41, 5.74) is -0.572. The molecule has 0 amide bonds. The molecule has 0 saturated heterocycles. The molecule has 1 aromatic carbocycles. The first-order valence-electron chi connectivity index (χ1n) is 6.84. The predicted octanol–water partition coefficient (Wildman–Crippen LogP) is 2.72. The minimum Gasteiger partial charge on any atom is -0.271 e. The summed E-state index contributed by atoms with van der Waals surface area (Å²) < 4.78 is 39.3. The van der Waals surface area contributed by atoms with Crippen LogP contribution in [0.3, 0.4) is 0 Å². The van der Waals surface area contributed by atoms with Crippen molar-refractivity contribution in [1.82, 2.24) is 14.7 Å². The van der Waals surface area contributed by atoms with E-state index in [4.69, 9.17) is 0 Å². The van der Waals surface area contributed by atoms with E-state index in [2.05, 4.69) is 5.10 Å². The summed E-state index contributed by atoms with van der Waals surface area (Å²) in [5, 5.41) is 25.3. The first kappa shape index (κ1) is 18.3. The number of aromatic nitrogens is 2. The van der Waals surface area contributed by atoms with Crippen LogP contribution in [-0.4, -0.2) is 37.2 Å². The van der Waals surface area contributed by atoms with Crippen molar-refractivity contribution < 1.29 is 23.0 Å². The summed E-state index contributed by atoms with van der Waals surface area (Å²) in [5.74, 6) is 0. The number of nitro benzene ring substituents is 1. The molecular weight excluding hydrogens is 347 g/mol. The zero-order chi connectivity index (χ0) is 18.6. The number of benzene rings is 1. The largest absolute Gasteiger partial charge is 0.401 e. The van der Waals surface area contributed by atoms with Crippen molar-refractivity contribution in [1.29, 1.82) is 0 Å². The Morgan fingerprint density at radius 2 is 1.84 bits per heavy atom. The molecule has 134 valence electrons. The molecular formula is C13H12F3N5O4. The molecule has 0 unspecified atom stereocenters. The molecule has 0 radical (unpaired) electrons. The Labute approximate surface area is 138 Å². The monoisotopic (exact) mass is 359 g/mol. The summed E-state index contributed by atoms with van der Waals surface area (Å²) in [4.78, 5) is 21.1. The maximum atomic E-state index is 12.8. The first-order valence-corrected chi connectivity index (χ1v) is 6.84. The van der Waals surface area contributed by atoms with E-state index in [0.717, 1.165) is 22.0 Å². The Morgan fingerprint density at radius 3 is 2.40 bits per heavy atom. The zero-order valence-electron chi connectivity index (χ0n) is 12.6. The molecule has 2 aromatic rings. The van der Waals surface area contributed by atoms with Gasteiger partial charge in [0.15, 0.2) is 0 Å². The third-order valence-corrected chi connectivity index (χ3v) is 3.16. The Hall–Kier alpha value is -3.02. The van der Waals surface area contributed by atoms with Gasteiger partial charge in [-0.25, -0.2) is 0 Å². The summed E-state index contributed by atoms with van der Waals surface area (Å²) >= 11 is 0. The smallest absolute Gasteiger partial charge is 0.271 e. The third-order valence-electron chi connectivity index (χ3n) is 3.16. The third kappa shape index (κ3) is 5.24. The van der Waals surface area contributed by atoms with Crippen LogP contribution in [0.1, 0.15) is 5.56 Å². The molecule has 0 aliphatic carbocycles. The number of hydrogen-bond donors (Lipinski definition) is 0. The lowest BCUT2D eigenvalue weighted by Crippen LogP contribution is -2.35. The van der Waals surface area contributed by atoms with Gasteiger partial charge in [0.25, 0.3) is 5.69 Å². The lowest BCUT2D eigenvalue weighted by molar-refractivity contribution is -0.385. The maximum Gasteiger partial charge on any atom is 0.401 e. The van der Waals surface area contributed by atoms with E-state index in [1.165, 1.54) is 24.3 Å². The highest BCUT2D eigenvalue weighted by Gasteiger charge is 2.32. The highest BCUT2D eigenvalue weighted by atomic mass is 19.4.